The summed E-state index contributed by atoms with van der Waals surface area (Å²) in [5.41, 5.74) is 3.86. The maximum atomic E-state index is 12.9. The molecule has 0 saturated carbocycles. The summed E-state index contributed by atoms with van der Waals surface area (Å²) in [5.74, 6) is 0.556. The number of para-hydroxylation sites is 1. The van der Waals surface area contributed by atoms with Gasteiger partial charge in [-0.15, -0.1) is 0 Å². The van der Waals surface area contributed by atoms with Crippen LogP contribution in [0.1, 0.15) is 43.7 Å². The summed E-state index contributed by atoms with van der Waals surface area (Å²) in [5, 5.41) is 8.90. The van der Waals surface area contributed by atoms with E-state index in [0.717, 1.165) is 37.1 Å². The SMILES string of the molecule is C=CC(=O)Nc1cc(Nc2ncc(Cl)c(Nc3ccccc3S(=O)(=O)C(C)C)n2)c(C)cc1C1CCN(C)CC1. The second-order valence-corrected chi connectivity index (χ2v) is 13.1. The Morgan fingerprint density at radius 3 is 2.50 bits per heavy atom. The van der Waals surface area contributed by atoms with Crippen molar-refractivity contribution < 1.29 is 13.2 Å². The van der Waals surface area contributed by atoms with Gasteiger partial charge in [-0.2, -0.15) is 4.98 Å². The quantitative estimate of drug-likeness (QED) is 0.261. The summed E-state index contributed by atoms with van der Waals surface area (Å²) in [6.45, 7) is 10.8. The number of piperidine rings is 1. The molecule has 1 aliphatic heterocycles. The zero-order chi connectivity index (χ0) is 29.0. The summed E-state index contributed by atoms with van der Waals surface area (Å²) in [6, 6.07) is 10.6. The molecular weight excluding hydrogens is 548 g/mol. The molecule has 1 aliphatic rings. The minimum absolute atomic E-state index is 0.164. The van der Waals surface area contributed by atoms with Gasteiger partial charge in [-0.05, 0) is 95.1 Å². The average molecular weight is 583 g/mol. The molecule has 4 rings (SSSR count). The molecule has 3 N–H and O–H groups in total. The second-order valence-electron chi connectivity index (χ2n) is 10.3. The van der Waals surface area contributed by atoms with E-state index < -0.39 is 15.1 Å². The molecule has 1 saturated heterocycles. The van der Waals surface area contributed by atoms with Gasteiger partial charge in [0.05, 0.1) is 22.0 Å². The Bertz CT molecular complexity index is 1520. The number of aromatic nitrogens is 2. The Hall–Kier alpha value is -3.47. The number of halogens is 1. The van der Waals surface area contributed by atoms with Crippen LogP contribution in [0.5, 0.6) is 0 Å². The van der Waals surface area contributed by atoms with Crippen LogP contribution in [-0.4, -0.2) is 54.6 Å². The van der Waals surface area contributed by atoms with Crippen LogP contribution in [-0.2, 0) is 14.6 Å². The van der Waals surface area contributed by atoms with E-state index in [4.69, 9.17) is 11.6 Å². The fourth-order valence-corrected chi connectivity index (χ4v) is 5.99. The fraction of sp³-hybridized carbons (Fsp3) is 0.345. The highest BCUT2D eigenvalue weighted by Gasteiger charge is 2.24. The minimum Gasteiger partial charge on any atom is -0.338 e. The van der Waals surface area contributed by atoms with Crippen LogP contribution in [0, 0.1) is 6.92 Å². The molecule has 2 heterocycles. The molecule has 11 heteroatoms. The van der Waals surface area contributed by atoms with Gasteiger partial charge in [-0.25, -0.2) is 13.4 Å². The monoisotopic (exact) mass is 582 g/mol. The first-order chi connectivity index (χ1) is 19.0. The third-order valence-electron chi connectivity index (χ3n) is 7.06. The molecule has 1 aromatic heterocycles. The fourth-order valence-electron chi connectivity index (χ4n) is 4.65. The first kappa shape index (κ1) is 29.5. The van der Waals surface area contributed by atoms with Crippen molar-refractivity contribution in [3.8, 4) is 0 Å². The number of rotatable bonds is 9. The average Bonchev–Trinajstić information content (AvgIpc) is 2.92. The van der Waals surface area contributed by atoms with Gasteiger partial charge in [-0.1, -0.05) is 36.4 Å². The van der Waals surface area contributed by atoms with E-state index in [9.17, 15) is 13.2 Å². The number of hydrogen-bond acceptors (Lipinski definition) is 8. The summed E-state index contributed by atoms with van der Waals surface area (Å²) in [7, 11) is -1.43. The van der Waals surface area contributed by atoms with Crippen LogP contribution in [0.15, 0.2) is 60.1 Å². The topological polar surface area (TPSA) is 116 Å². The number of likely N-dealkylation sites (tertiary alicyclic amines) is 1. The van der Waals surface area contributed by atoms with Gasteiger partial charge >= 0.3 is 0 Å². The van der Waals surface area contributed by atoms with Gasteiger partial charge in [0.25, 0.3) is 0 Å². The summed E-state index contributed by atoms with van der Waals surface area (Å²) in [4.78, 5) is 23.6. The molecule has 0 radical (unpaired) electrons. The molecule has 0 bridgehead atoms. The van der Waals surface area contributed by atoms with Crippen molar-refractivity contribution in [1.29, 1.82) is 0 Å². The zero-order valence-corrected chi connectivity index (χ0v) is 24.7. The van der Waals surface area contributed by atoms with E-state index in [1.807, 2.05) is 13.0 Å². The lowest BCUT2D eigenvalue weighted by molar-refractivity contribution is -0.111. The van der Waals surface area contributed by atoms with Crippen LogP contribution in [0.3, 0.4) is 0 Å². The summed E-state index contributed by atoms with van der Waals surface area (Å²) < 4.78 is 25.8. The zero-order valence-electron chi connectivity index (χ0n) is 23.2. The van der Waals surface area contributed by atoms with Gasteiger partial charge < -0.3 is 20.9 Å². The lowest BCUT2D eigenvalue weighted by atomic mass is 9.87. The third kappa shape index (κ3) is 6.63. The highest BCUT2D eigenvalue weighted by molar-refractivity contribution is 7.92. The molecule has 0 atom stereocenters. The van der Waals surface area contributed by atoms with Crippen LogP contribution >= 0.6 is 11.6 Å². The highest BCUT2D eigenvalue weighted by atomic mass is 35.5. The number of aryl methyl sites for hydroxylation is 1. The number of sulfone groups is 1. The number of benzene rings is 2. The first-order valence-corrected chi connectivity index (χ1v) is 15.1. The van der Waals surface area contributed by atoms with E-state index in [1.165, 1.54) is 12.3 Å². The van der Waals surface area contributed by atoms with Crippen molar-refractivity contribution >= 4 is 56.2 Å². The van der Waals surface area contributed by atoms with Gasteiger partial charge in [-0.3, -0.25) is 4.79 Å². The molecule has 40 heavy (non-hydrogen) atoms. The van der Waals surface area contributed by atoms with E-state index >= 15 is 0 Å². The van der Waals surface area contributed by atoms with Crippen molar-refractivity contribution in [1.82, 2.24) is 14.9 Å². The largest absolute Gasteiger partial charge is 0.338 e. The number of carbonyl (C=O) groups is 1. The van der Waals surface area contributed by atoms with Gasteiger partial charge in [0.1, 0.15) is 5.02 Å². The van der Waals surface area contributed by atoms with E-state index in [1.54, 1.807) is 38.1 Å². The Morgan fingerprint density at radius 2 is 1.82 bits per heavy atom. The molecule has 9 nitrogen and oxygen atoms in total. The van der Waals surface area contributed by atoms with Crippen molar-refractivity contribution in [2.45, 2.75) is 49.7 Å². The lowest BCUT2D eigenvalue weighted by Crippen LogP contribution is -2.29. The summed E-state index contributed by atoms with van der Waals surface area (Å²) in [6.07, 6.45) is 4.70. The number of carbonyl (C=O) groups excluding carboxylic acids is 1. The van der Waals surface area contributed by atoms with Crippen LogP contribution in [0.4, 0.5) is 28.8 Å². The number of nitrogens with zero attached hydrogens (tertiary/aromatic N) is 3. The molecular formula is C29H35ClN6O3S. The molecule has 1 amide bonds. The molecule has 3 aromatic rings. The Kier molecular flexibility index (Phi) is 9.12. The number of hydrogen-bond donors (Lipinski definition) is 3. The van der Waals surface area contributed by atoms with Crippen LogP contribution < -0.4 is 16.0 Å². The predicted molar refractivity (Wildman–Crippen MR) is 162 cm³/mol. The molecule has 0 spiro atoms. The second kappa shape index (κ2) is 12.4. The molecule has 1 fully saturated rings. The number of amides is 1. The van der Waals surface area contributed by atoms with E-state index in [0.29, 0.717) is 23.0 Å². The number of nitrogens with one attached hydrogen (secondary N) is 3. The van der Waals surface area contributed by atoms with Crippen molar-refractivity contribution in [3.05, 3.63) is 71.4 Å². The lowest BCUT2D eigenvalue weighted by Gasteiger charge is -2.31. The predicted octanol–water partition coefficient (Wildman–Crippen LogP) is 6.04. The Labute approximate surface area is 241 Å². The molecule has 0 unspecified atom stereocenters. The van der Waals surface area contributed by atoms with Crippen molar-refractivity contribution in [2.75, 3.05) is 36.1 Å². The Morgan fingerprint density at radius 1 is 1.12 bits per heavy atom. The van der Waals surface area contributed by atoms with Crippen molar-refractivity contribution in [2.24, 2.45) is 0 Å². The maximum absolute atomic E-state index is 12.9. The Balaban J connectivity index is 1.66. The third-order valence-corrected chi connectivity index (χ3v) is 9.54. The van der Waals surface area contributed by atoms with E-state index in [2.05, 4.69) is 50.5 Å². The van der Waals surface area contributed by atoms with Gasteiger partial charge in [0.15, 0.2) is 15.7 Å². The first-order valence-electron chi connectivity index (χ1n) is 13.2. The normalized spacial score (nSPS) is 14.7. The summed E-state index contributed by atoms with van der Waals surface area (Å²) >= 11 is 6.40. The van der Waals surface area contributed by atoms with Crippen LogP contribution in [0.25, 0.3) is 0 Å². The minimum atomic E-state index is -3.55. The number of anilines is 5. The van der Waals surface area contributed by atoms with Crippen LogP contribution in [0.2, 0.25) is 5.02 Å². The maximum Gasteiger partial charge on any atom is 0.247 e. The van der Waals surface area contributed by atoms with Crippen molar-refractivity contribution in [3.63, 3.8) is 0 Å². The highest BCUT2D eigenvalue weighted by Crippen LogP contribution is 2.37. The molecule has 2 aromatic carbocycles. The van der Waals surface area contributed by atoms with Gasteiger partial charge in [0.2, 0.25) is 11.9 Å². The van der Waals surface area contributed by atoms with Gasteiger partial charge in [0, 0.05) is 11.4 Å². The molecule has 0 aliphatic carbocycles. The van der Waals surface area contributed by atoms with E-state index in [-0.39, 0.29) is 27.6 Å². The standard InChI is InChI=1S/C29H35ClN6O3S/c1-6-27(37)32-25-16-24(19(4)15-21(25)20-11-13-36(5)14-12-20)34-29-31-17-22(30)28(35-29)33-23-9-7-8-10-26(23)40(38,39)18(2)3/h6-10,15-18,20H,1,11-14H2,2-5H3,(H,32,37)(H2,31,33,34,35). The molecule has 212 valence electrons. The smallest absolute Gasteiger partial charge is 0.247 e.